The largest absolute Gasteiger partial charge is 0.378 e. The van der Waals surface area contributed by atoms with E-state index in [4.69, 9.17) is 5.73 Å². The summed E-state index contributed by atoms with van der Waals surface area (Å²) in [5, 5.41) is 17.1. The molecular formula is C18H17FN6O2. The van der Waals surface area contributed by atoms with E-state index < -0.39 is 16.4 Å². The smallest absolute Gasteiger partial charge is 0.353 e. The molecule has 2 aromatic carbocycles. The number of nitro groups is 1. The minimum atomic E-state index is -0.648. The molecule has 1 aromatic heterocycles. The summed E-state index contributed by atoms with van der Waals surface area (Å²) in [6.07, 6.45) is 0. The summed E-state index contributed by atoms with van der Waals surface area (Å²) in [5.41, 5.74) is 8.45. The maximum atomic E-state index is 13.3. The van der Waals surface area contributed by atoms with Gasteiger partial charge in [0.25, 0.3) is 0 Å². The molecule has 3 aromatic rings. The summed E-state index contributed by atoms with van der Waals surface area (Å²) in [6.45, 7) is 3.89. The topological polar surface area (TPSA) is 119 Å². The van der Waals surface area contributed by atoms with Crippen molar-refractivity contribution in [2.24, 2.45) is 0 Å². The molecule has 138 valence electrons. The molecule has 0 spiro atoms. The Morgan fingerprint density at radius 2 is 1.78 bits per heavy atom. The van der Waals surface area contributed by atoms with E-state index in [9.17, 15) is 14.5 Å². The minimum absolute atomic E-state index is 0.00929. The summed E-state index contributed by atoms with van der Waals surface area (Å²) >= 11 is 0. The Kier molecular flexibility index (Phi) is 4.84. The Morgan fingerprint density at radius 3 is 2.44 bits per heavy atom. The second kappa shape index (κ2) is 7.24. The Labute approximate surface area is 154 Å². The summed E-state index contributed by atoms with van der Waals surface area (Å²) < 4.78 is 13.3. The first-order valence-corrected chi connectivity index (χ1v) is 8.02. The van der Waals surface area contributed by atoms with Crippen LogP contribution >= 0.6 is 0 Å². The Hall–Kier alpha value is -3.75. The van der Waals surface area contributed by atoms with Gasteiger partial charge in [0.1, 0.15) is 5.82 Å². The molecule has 4 N–H and O–H groups in total. The van der Waals surface area contributed by atoms with Crippen LogP contribution in [0.5, 0.6) is 0 Å². The lowest BCUT2D eigenvalue weighted by Crippen LogP contribution is -2.08. The summed E-state index contributed by atoms with van der Waals surface area (Å²) in [5.74, 6) is -0.798. The van der Waals surface area contributed by atoms with E-state index in [-0.39, 0.29) is 17.6 Å². The van der Waals surface area contributed by atoms with Crippen molar-refractivity contribution in [1.82, 2.24) is 9.97 Å². The van der Waals surface area contributed by atoms with E-state index in [0.29, 0.717) is 11.4 Å². The van der Waals surface area contributed by atoms with Crippen LogP contribution in [0.1, 0.15) is 11.1 Å². The van der Waals surface area contributed by atoms with Crippen LogP contribution in [0.2, 0.25) is 0 Å². The molecule has 0 aliphatic rings. The number of benzene rings is 2. The van der Waals surface area contributed by atoms with Gasteiger partial charge in [-0.15, -0.1) is 0 Å². The van der Waals surface area contributed by atoms with E-state index >= 15 is 0 Å². The fourth-order valence-electron chi connectivity index (χ4n) is 2.45. The number of nitrogen functional groups attached to an aromatic ring is 1. The summed E-state index contributed by atoms with van der Waals surface area (Å²) in [6, 6.07) is 11.2. The van der Waals surface area contributed by atoms with Crippen molar-refractivity contribution < 1.29 is 9.31 Å². The first-order chi connectivity index (χ1) is 12.8. The highest BCUT2D eigenvalue weighted by molar-refractivity contribution is 5.75. The Morgan fingerprint density at radius 1 is 1.04 bits per heavy atom. The van der Waals surface area contributed by atoms with Crippen LogP contribution in [0.4, 0.5) is 39.0 Å². The predicted molar refractivity (Wildman–Crippen MR) is 102 cm³/mol. The molecule has 0 aliphatic carbocycles. The number of aryl methyl sites for hydroxylation is 2. The highest BCUT2D eigenvalue weighted by atomic mass is 19.1. The normalized spacial score (nSPS) is 10.5. The fourth-order valence-corrected chi connectivity index (χ4v) is 2.45. The van der Waals surface area contributed by atoms with E-state index in [1.165, 1.54) is 18.2 Å². The van der Waals surface area contributed by atoms with Crippen LogP contribution in [-0.4, -0.2) is 14.9 Å². The molecule has 9 heteroatoms. The van der Waals surface area contributed by atoms with Crippen LogP contribution in [0.3, 0.4) is 0 Å². The third-order valence-electron chi connectivity index (χ3n) is 3.94. The Balaban J connectivity index is 2.00. The standard InChI is InChI=1S/C18H17FN6O2/c1-10-6-7-14(8-11(10)2)21-17-15(25(26)27)16(20)23-18(24-17)22-13-5-3-4-12(19)9-13/h3-9H,1-2H3,(H4,20,21,22,23,24). The van der Waals surface area contributed by atoms with Crippen molar-refractivity contribution >= 4 is 34.6 Å². The number of hydrogen-bond donors (Lipinski definition) is 3. The van der Waals surface area contributed by atoms with Gasteiger partial charge in [-0.25, -0.2) is 4.39 Å². The number of rotatable bonds is 5. The minimum Gasteiger partial charge on any atom is -0.378 e. The number of nitrogens with one attached hydrogen (secondary N) is 2. The van der Waals surface area contributed by atoms with Gasteiger partial charge in [0.2, 0.25) is 17.6 Å². The van der Waals surface area contributed by atoms with Crippen LogP contribution in [0.15, 0.2) is 42.5 Å². The number of anilines is 5. The average molecular weight is 368 g/mol. The third kappa shape index (κ3) is 4.09. The van der Waals surface area contributed by atoms with Crippen LogP contribution in [-0.2, 0) is 0 Å². The van der Waals surface area contributed by atoms with E-state index in [1.807, 2.05) is 26.0 Å². The van der Waals surface area contributed by atoms with Gasteiger partial charge in [0.15, 0.2) is 0 Å². The molecule has 0 radical (unpaired) electrons. The quantitative estimate of drug-likeness (QED) is 0.456. The molecule has 27 heavy (non-hydrogen) atoms. The first-order valence-electron chi connectivity index (χ1n) is 8.02. The lowest BCUT2D eigenvalue weighted by atomic mass is 10.1. The van der Waals surface area contributed by atoms with Gasteiger partial charge >= 0.3 is 5.69 Å². The number of aromatic nitrogens is 2. The average Bonchev–Trinajstić information content (AvgIpc) is 2.57. The van der Waals surface area contributed by atoms with E-state index in [1.54, 1.807) is 12.1 Å². The van der Waals surface area contributed by atoms with Gasteiger partial charge in [-0.3, -0.25) is 10.1 Å². The molecule has 3 rings (SSSR count). The Bertz CT molecular complexity index is 1020. The van der Waals surface area contributed by atoms with Crippen molar-refractivity contribution in [3.8, 4) is 0 Å². The zero-order valence-electron chi connectivity index (χ0n) is 14.7. The molecule has 0 bridgehead atoms. The van der Waals surface area contributed by atoms with Crippen molar-refractivity contribution in [2.75, 3.05) is 16.4 Å². The predicted octanol–water partition coefficient (Wildman–Crippen LogP) is 4.21. The third-order valence-corrected chi connectivity index (χ3v) is 3.94. The molecule has 0 amide bonds. The molecular weight excluding hydrogens is 351 g/mol. The van der Waals surface area contributed by atoms with E-state index in [2.05, 4.69) is 20.6 Å². The molecule has 0 aliphatic heterocycles. The first kappa shape index (κ1) is 18.1. The van der Waals surface area contributed by atoms with Gasteiger partial charge in [-0.1, -0.05) is 12.1 Å². The van der Waals surface area contributed by atoms with E-state index in [0.717, 1.165) is 11.1 Å². The second-order valence-corrected chi connectivity index (χ2v) is 5.95. The van der Waals surface area contributed by atoms with Crippen molar-refractivity contribution in [3.05, 3.63) is 69.5 Å². The summed E-state index contributed by atoms with van der Waals surface area (Å²) in [4.78, 5) is 18.8. The van der Waals surface area contributed by atoms with Gasteiger partial charge in [0.05, 0.1) is 4.92 Å². The van der Waals surface area contributed by atoms with Gasteiger partial charge in [0, 0.05) is 11.4 Å². The molecule has 8 nitrogen and oxygen atoms in total. The van der Waals surface area contributed by atoms with Gasteiger partial charge < -0.3 is 16.4 Å². The number of nitrogens with two attached hydrogens (primary N) is 1. The van der Waals surface area contributed by atoms with Crippen molar-refractivity contribution in [3.63, 3.8) is 0 Å². The van der Waals surface area contributed by atoms with Crippen LogP contribution in [0.25, 0.3) is 0 Å². The van der Waals surface area contributed by atoms with Crippen molar-refractivity contribution in [1.29, 1.82) is 0 Å². The van der Waals surface area contributed by atoms with Crippen LogP contribution < -0.4 is 16.4 Å². The zero-order chi connectivity index (χ0) is 19.6. The fraction of sp³-hybridized carbons (Fsp3) is 0.111. The van der Waals surface area contributed by atoms with Crippen LogP contribution in [0, 0.1) is 29.8 Å². The molecule has 1 heterocycles. The molecule has 0 atom stereocenters. The molecule has 0 saturated heterocycles. The highest BCUT2D eigenvalue weighted by Gasteiger charge is 2.23. The lowest BCUT2D eigenvalue weighted by Gasteiger charge is -2.11. The van der Waals surface area contributed by atoms with Gasteiger partial charge in [-0.2, -0.15) is 9.97 Å². The van der Waals surface area contributed by atoms with Gasteiger partial charge in [-0.05, 0) is 55.3 Å². The number of hydrogen-bond acceptors (Lipinski definition) is 7. The SMILES string of the molecule is Cc1ccc(Nc2nc(Nc3cccc(F)c3)nc(N)c2[N+](=O)[O-])cc1C. The molecule has 0 saturated carbocycles. The maximum Gasteiger partial charge on any atom is 0.353 e. The highest BCUT2D eigenvalue weighted by Crippen LogP contribution is 2.32. The zero-order valence-corrected chi connectivity index (χ0v) is 14.7. The number of halogens is 1. The lowest BCUT2D eigenvalue weighted by molar-refractivity contribution is -0.383. The van der Waals surface area contributed by atoms with Crippen molar-refractivity contribution in [2.45, 2.75) is 13.8 Å². The summed E-state index contributed by atoms with van der Waals surface area (Å²) in [7, 11) is 0. The monoisotopic (exact) mass is 368 g/mol. The molecule has 0 fully saturated rings. The number of nitrogens with zero attached hydrogens (tertiary/aromatic N) is 3. The maximum absolute atomic E-state index is 13.3. The second-order valence-electron chi connectivity index (χ2n) is 5.95. The molecule has 0 unspecified atom stereocenters.